The molecule has 0 amide bonds. The standard InChI is InChI=1S/C27H29NO6/c1-5-34-27(31)24-15(2)28-20-12-18(17-8-11-22(32-3)23(14-17)33-4)13-21(30)26(20)25(24)16-6-9-19(29)10-7-16/h6-11,14,18,24-25,29H,5,12-13H2,1-4H3/t18-,24?,25-/m0/s1. The van der Waals surface area contributed by atoms with E-state index in [1.807, 2.05) is 25.1 Å². The smallest absolute Gasteiger partial charge is 0.315 e. The second-order valence-electron chi connectivity index (χ2n) is 8.56. The van der Waals surface area contributed by atoms with Gasteiger partial charge in [0, 0.05) is 29.3 Å². The van der Waals surface area contributed by atoms with Crippen LogP contribution in [0.3, 0.4) is 0 Å². The molecule has 0 radical (unpaired) electrons. The maximum absolute atomic E-state index is 13.6. The highest BCUT2D eigenvalue weighted by atomic mass is 16.5. The largest absolute Gasteiger partial charge is 0.508 e. The van der Waals surface area contributed by atoms with Crippen molar-refractivity contribution in [2.75, 3.05) is 20.8 Å². The van der Waals surface area contributed by atoms with Crippen LogP contribution >= 0.6 is 0 Å². The normalized spacial score (nSPS) is 22.1. The first-order valence-electron chi connectivity index (χ1n) is 11.4. The van der Waals surface area contributed by atoms with Crippen LogP contribution in [0.1, 0.15) is 49.7 Å². The second-order valence-corrected chi connectivity index (χ2v) is 8.56. The molecule has 34 heavy (non-hydrogen) atoms. The maximum atomic E-state index is 13.6. The lowest BCUT2D eigenvalue weighted by molar-refractivity contribution is -0.146. The number of hydrogen-bond acceptors (Lipinski definition) is 7. The highest BCUT2D eigenvalue weighted by Gasteiger charge is 2.44. The van der Waals surface area contributed by atoms with Gasteiger partial charge in [0.05, 0.1) is 20.8 Å². The number of phenols is 1. The van der Waals surface area contributed by atoms with Crippen LogP contribution in [0, 0.1) is 5.92 Å². The third kappa shape index (κ3) is 4.30. The lowest BCUT2D eigenvalue weighted by Gasteiger charge is -2.36. The average Bonchev–Trinajstić information content (AvgIpc) is 2.83. The molecule has 7 nitrogen and oxygen atoms in total. The fourth-order valence-corrected chi connectivity index (χ4v) is 4.98. The summed E-state index contributed by atoms with van der Waals surface area (Å²) in [6.07, 6.45) is 0.866. The van der Waals surface area contributed by atoms with Gasteiger partial charge >= 0.3 is 5.97 Å². The van der Waals surface area contributed by atoms with Crippen molar-refractivity contribution in [2.45, 2.75) is 38.5 Å². The number of methoxy groups -OCH3 is 2. The molecule has 2 aliphatic rings. The quantitative estimate of drug-likeness (QED) is 0.632. The number of nitrogens with zero attached hydrogens (tertiary/aromatic N) is 1. The predicted molar refractivity (Wildman–Crippen MR) is 128 cm³/mol. The van der Waals surface area contributed by atoms with Gasteiger partial charge in [0.2, 0.25) is 0 Å². The number of phenolic OH excluding ortho intramolecular Hbond substituents is 1. The topological polar surface area (TPSA) is 94.4 Å². The summed E-state index contributed by atoms with van der Waals surface area (Å²) in [5.41, 5.74) is 3.63. The number of allylic oxidation sites excluding steroid dienone is 2. The van der Waals surface area contributed by atoms with E-state index in [0.717, 1.165) is 11.1 Å². The lowest BCUT2D eigenvalue weighted by atomic mass is 9.69. The monoisotopic (exact) mass is 463 g/mol. The number of carbonyl (C=O) groups is 2. The zero-order chi connectivity index (χ0) is 24.4. The molecule has 2 aromatic rings. The first-order chi connectivity index (χ1) is 16.4. The molecule has 3 atom stereocenters. The fraction of sp³-hybridized carbons (Fsp3) is 0.370. The number of rotatable bonds is 6. The van der Waals surface area contributed by atoms with Crippen molar-refractivity contribution in [2.24, 2.45) is 10.9 Å². The molecule has 1 aliphatic carbocycles. The van der Waals surface area contributed by atoms with E-state index in [9.17, 15) is 14.7 Å². The number of aliphatic imine (C=N–C) groups is 1. The SMILES string of the molecule is CCOC(=O)C1C(C)=NC2=C(C(=O)C[C@@H](c3ccc(OC)c(OC)c3)C2)[C@H]1c1ccc(O)cc1. The third-order valence-electron chi connectivity index (χ3n) is 6.56. The Labute approximate surface area is 199 Å². The molecular formula is C27H29NO6. The Hall–Kier alpha value is -3.61. The second kappa shape index (κ2) is 9.71. The van der Waals surface area contributed by atoms with E-state index in [-0.39, 0.29) is 24.1 Å². The molecule has 0 aromatic heterocycles. The van der Waals surface area contributed by atoms with Crippen LogP contribution in [0.4, 0.5) is 0 Å². The Morgan fingerprint density at radius 2 is 1.71 bits per heavy atom. The van der Waals surface area contributed by atoms with Gasteiger partial charge < -0.3 is 19.3 Å². The Kier molecular flexibility index (Phi) is 6.72. The third-order valence-corrected chi connectivity index (χ3v) is 6.56. The molecule has 0 saturated heterocycles. The predicted octanol–water partition coefficient (Wildman–Crippen LogP) is 4.55. The lowest BCUT2D eigenvalue weighted by Crippen LogP contribution is -2.38. The van der Waals surface area contributed by atoms with Crippen molar-refractivity contribution in [3.63, 3.8) is 0 Å². The molecule has 178 valence electrons. The van der Waals surface area contributed by atoms with Crippen molar-refractivity contribution in [1.29, 1.82) is 0 Å². The van der Waals surface area contributed by atoms with E-state index in [0.29, 0.717) is 41.3 Å². The molecule has 0 fully saturated rings. The van der Waals surface area contributed by atoms with Gasteiger partial charge in [0.1, 0.15) is 11.7 Å². The molecule has 1 aliphatic heterocycles. The molecule has 0 bridgehead atoms. The maximum Gasteiger partial charge on any atom is 0.315 e. The van der Waals surface area contributed by atoms with Gasteiger partial charge in [0.25, 0.3) is 0 Å². The Morgan fingerprint density at radius 1 is 1.03 bits per heavy atom. The van der Waals surface area contributed by atoms with Gasteiger partial charge in [-0.15, -0.1) is 0 Å². The number of benzene rings is 2. The van der Waals surface area contributed by atoms with E-state index < -0.39 is 17.8 Å². The minimum atomic E-state index is -0.690. The van der Waals surface area contributed by atoms with Crippen LogP contribution < -0.4 is 9.47 Å². The van der Waals surface area contributed by atoms with E-state index in [1.54, 1.807) is 45.4 Å². The Balaban J connectivity index is 1.77. The number of carbonyl (C=O) groups excluding carboxylic acids is 2. The van der Waals surface area contributed by atoms with Gasteiger partial charge in [-0.2, -0.15) is 0 Å². The van der Waals surface area contributed by atoms with Crippen molar-refractivity contribution in [1.82, 2.24) is 0 Å². The molecule has 1 N–H and O–H groups in total. The van der Waals surface area contributed by atoms with Crippen LogP contribution in [0.2, 0.25) is 0 Å². The molecule has 0 spiro atoms. The summed E-state index contributed by atoms with van der Waals surface area (Å²) in [6.45, 7) is 3.81. The fourth-order valence-electron chi connectivity index (χ4n) is 4.98. The zero-order valence-electron chi connectivity index (χ0n) is 19.8. The van der Waals surface area contributed by atoms with Crippen molar-refractivity contribution in [3.05, 3.63) is 64.9 Å². The summed E-state index contributed by atoms with van der Waals surface area (Å²) in [7, 11) is 3.17. The molecule has 1 unspecified atom stereocenters. The average molecular weight is 464 g/mol. The molecule has 1 heterocycles. The summed E-state index contributed by atoms with van der Waals surface area (Å²) >= 11 is 0. The van der Waals surface area contributed by atoms with E-state index in [1.165, 1.54) is 0 Å². The number of Topliss-reactive ketones (excluding diaryl/α,β-unsaturated/α-hetero) is 1. The molecule has 7 heteroatoms. The molecule has 0 saturated carbocycles. The van der Waals surface area contributed by atoms with Crippen LogP contribution in [-0.4, -0.2) is 43.4 Å². The summed E-state index contributed by atoms with van der Waals surface area (Å²) in [5.74, 6) is -0.342. The first-order valence-corrected chi connectivity index (χ1v) is 11.4. The van der Waals surface area contributed by atoms with E-state index in [4.69, 9.17) is 19.2 Å². The van der Waals surface area contributed by atoms with Crippen molar-refractivity contribution in [3.8, 4) is 17.2 Å². The minimum absolute atomic E-state index is 0.0374. The van der Waals surface area contributed by atoms with Crippen LogP contribution in [0.25, 0.3) is 0 Å². The minimum Gasteiger partial charge on any atom is -0.508 e. The highest BCUT2D eigenvalue weighted by Crippen LogP contribution is 2.47. The number of esters is 1. The van der Waals surface area contributed by atoms with Gasteiger partial charge in [-0.3, -0.25) is 14.6 Å². The van der Waals surface area contributed by atoms with Gasteiger partial charge in [-0.25, -0.2) is 0 Å². The number of hydrogen-bond donors (Lipinski definition) is 1. The number of aromatic hydroxyl groups is 1. The zero-order valence-corrected chi connectivity index (χ0v) is 19.8. The van der Waals surface area contributed by atoms with Gasteiger partial charge in [-0.1, -0.05) is 18.2 Å². The summed E-state index contributed by atoms with van der Waals surface area (Å²) in [6, 6.07) is 12.3. The van der Waals surface area contributed by atoms with Crippen LogP contribution in [0.5, 0.6) is 17.2 Å². The highest BCUT2D eigenvalue weighted by molar-refractivity contribution is 6.09. The summed E-state index contributed by atoms with van der Waals surface area (Å²) in [4.78, 5) is 31.3. The summed E-state index contributed by atoms with van der Waals surface area (Å²) < 4.78 is 16.1. The number of ether oxygens (including phenoxy) is 3. The Morgan fingerprint density at radius 3 is 2.35 bits per heavy atom. The molecular weight excluding hydrogens is 434 g/mol. The van der Waals surface area contributed by atoms with Gasteiger partial charge in [-0.05, 0) is 61.6 Å². The summed E-state index contributed by atoms with van der Waals surface area (Å²) in [5, 5.41) is 9.78. The Bertz CT molecular complexity index is 1160. The van der Waals surface area contributed by atoms with E-state index >= 15 is 0 Å². The van der Waals surface area contributed by atoms with E-state index in [2.05, 4.69) is 0 Å². The molecule has 2 aromatic carbocycles. The van der Waals surface area contributed by atoms with Crippen molar-refractivity contribution >= 4 is 17.5 Å². The molecule has 4 rings (SSSR count). The van der Waals surface area contributed by atoms with Crippen molar-refractivity contribution < 1.29 is 28.9 Å². The first kappa shape index (κ1) is 23.5. The number of ketones is 1. The van der Waals surface area contributed by atoms with Gasteiger partial charge in [0.15, 0.2) is 17.3 Å². The van der Waals surface area contributed by atoms with Crippen LogP contribution in [0.15, 0.2) is 58.7 Å². The van der Waals surface area contributed by atoms with Crippen LogP contribution in [-0.2, 0) is 14.3 Å².